The van der Waals surface area contributed by atoms with Crippen LogP contribution in [0, 0.1) is 17.0 Å². The van der Waals surface area contributed by atoms with Gasteiger partial charge in [0.25, 0.3) is 11.6 Å². The molecule has 0 N–H and O–H groups in total. The number of imidazole rings is 1. The summed E-state index contributed by atoms with van der Waals surface area (Å²) in [4.78, 5) is 34.1. The van der Waals surface area contributed by atoms with Crippen LogP contribution in [0.4, 0.5) is 11.4 Å². The van der Waals surface area contributed by atoms with E-state index in [1.807, 2.05) is 46.7 Å². The number of rotatable bonds is 5. The number of nitro benzene ring substituents is 1. The third kappa shape index (κ3) is 3.96. The van der Waals surface area contributed by atoms with E-state index in [4.69, 9.17) is 4.74 Å². The van der Waals surface area contributed by atoms with E-state index in [1.165, 1.54) is 23.5 Å². The van der Waals surface area contributed by atoms with Gasteiger partial charge in [-0.1, -0.05) is 23.5 Å². The van der Waals surface area contributed by atoms with Gasteiger partial charge in [0.05, 0.1) is 17.7 Å². The largest absolute Gasteiger partial charge is 0.497 e. The highest BCUT2D eigenvalue weighted by atomic mass is 32.1. The van der Waals surface area contributed by atoms with Crippen molar-refractivity contribution in [2.45, 2.75) is 6.92 Å². The van der Waals surface area contributed by atoms with E-state index in [9.17, 15) is 14.9 Å². The van der Waals surface area contributed by atoms with Gasteiger partial charge in [-0.15, -0.1) is 0 Å². The van der Waals surface area contributed by atoms with Gasteiger partial charge in [-0.25, -0.2) is 4.98 Å². The van der Waals surface area contributed by atoms with Gasteiger partial charge >= 0.3 is 0 Å². The van der Waals surface area contributed by atoms with Crippen LogP contribution in [0.25, 0.3) is 16.2 Å². The zero-order valence-electron chi connectivity index (χ0n) is 18.8. The molecule has 10 heteroatoms. The van der Waals surface area contributed by atoms with Crippen LogP contribution in [-0.4, -0.2) is 58.4 Å². The summed E-state index contributed by atoms with van der Waals surface area (Å²) in [6.45, 7) is 4.71. The Hall–Kier alpha value is -3.92. The van der Waals surface area contributed by atoms with Gasteiger partial charge in [-0.2, -0.15) is 0 Å². The summed E-state index contributed by atoms with van der Waals surface area (Å²) in [5, 5.41) is 11.1. The van der Waals surface area contributed by atoms with Crippen LogP contribution in [0.5, 0.6) is 5.75 Å². The van der Waals surface area contributed by atoms with E-state index in [-0.39, 0.29) is 11.6 Å². The number of hydrogen-bond donors (Lipinski definition) is 0. The number of benzene rings is 2. The molecular formula is C24H23N5O4S. The Balaban J connectivity index is 1.31. The number of methoxy groups -OCH3 is 1. The molecule has 1 fully saturated rings. The molecule has 0 saturated carbocycles. The molecule has 2 aromatic carbocycles. The van der Waals surface area contributed by atoms with Crippen LogP contribution in [-0.2, 0) is 0 Å². The van der Waals surface area contributed by atoms with Gasteiger partial charge < -0.3 is 14.5 Å². The van der Waals surface area contributed by atoms with Gasteiger partial charge in [0.1, 0.15) is 10.6 Å². The fourth-order valence-electron chi connectivity index (χ4n) is 4.17. The monoisotopic (exact) mass is 477 g/mol. The fourth-order valence-corrected chi connectivity index (χ4v) is 5.25. The molecule has 0 bridgehead atoms. The van der Waals surface area contributed by atoms with Crippen molar-refractivity contribution in [3.8, 4) is 17.0 Å². The first-order valence-corrected chi connectivity index (χ1v) is 11.7. The van der Waals surface area contributed by atoms with E-state index >= 15 is 0 Å². The Morgan fingerprint density at radius 2 is 1.85 bits per heavy atom. The zero-order chi connectivity index (χ0) is 23.8. The van der Waals surface area contributed by atoms with E-state index in [0.29, 0.717) is 34.2 Å². The van der Waals surface area contributed by atoms with Crippen molar-refractivity contribution in [1.29, 1.82) is 0 Å². The lowest BCUT2D eigenvalue weighted by Gasteiger charge is -2.36. The predicted octanol–water partition coefficient (Wildman–Crippen LogP) is 4.25. The van der Waals surface area contributed by atoms with E-state index in [1.54, 1.807) is 19.2 Å². The Morgan fingerprint density at radius 1 is 1.12 bits per heavy atom. The van der Waals surface area contributed by atoms with Gasteiger partial charge in [-0.3, -0.25) is 19.3 Å². The third-order valence-corrected chi connectivity index (χ3v) is 7.25. The Morgan fingerprint density at radius 3 is 2.50 bits per heavy atom. The molecular weight excluding hydrogens is 454 g/mol. The van der Waals surface area contributed by atoms with Crippen molar-refractivity contribution >= 4 is 33.6 Å². The van der Waals surface area contributed by atoms with Crippen LogP contribution >= 0.6 is 11.3 Å². The van der Waals surface area contributed by atoms with Gasteiger partial charge in [0.15, 0.2) is 4.96 Å². The summed E-state index contributed by atoms with van der Waals surface area (Å²) in [6, 6.07) is 14.4. The zero-order valence-corrected chi connectivity index (χ0v) is 19.6. The standard InChI is InChI=1S/C24H23N5O4S/c1-16-22(23(30)27-12-10-26(11-13-27)18-6-8-20(33-2)9-7-18)34-24-25-21(15-28(16)24)17-4-3-5-19(14-17)29(31)32/h3-9,14-15H,10-13H2,1-2H3. The summed E-state index contributed by atoms with van der Waals surface area (Å²) in [7, 11) is 1.65. The molecule has 2 aromatic heterocycles. The number of carbonyl (C=O) groups excluding carboxylic acids is 1. The predicted molar refractivity (Wildman–Crippen MR) is 131 cm³/mol. The lowest BCUT2D eigenvalue weighted by atomic mass is 10.1. The number of amides is 1. The molecule has 0 atom stereocenters. The number of non-ortho nitro benzene ring substituents is 1. The molecule has 0 spiro atoms. The third-order valence-electron chi connectivity index (χ3n) is 6.11. The number of ether oxygens (including phenoxy) is 1. The summed E-state index contributed by atoms with van der Waals surface area (Å²) >= 11 is 1.35. The number of aromatic nitrogens is 2. The summed E-state index contributed by atoms with van der Waals surface area (Å²) < 4.78 is 7.11. The van der Waals surface area contributed by atoms with Crippen molar-refractivity contribution in [3.05, 3.63) is 75.4 Å². The fraction of sp³-hybridized carbons (Fsp3) is 0.250. The first-order chi connectivity index (χ1) is 16.4. The van der Waals surface area contributed by atoms with E-state index in [2.05, 4.69) is 9.88 Å². The summed E-state index contributed by atoms with van der Waals surface area (Å²) in [5.41, 5.74) is 3.28. The molecule has 34 heavy (non-hydrogen) atoms. The minimum Gasteiger partial charge on any atom is -0.497 e. The maximum atomic E-state index is 13.3. The normalized spacial score (nSPS) is 13.9. The molecule has 1 aliphatic rings. The first kappa shape index (κ1) is 21.9. The highest BCUT2D eigenvalue weighted by Gasteiger charge is 2.26. The van der Waals surface area contributed by atoms with Crippen molar-refractivity contribution in [3.63, 3.8) is 0 Å². The number of thiazole rings is 1. The van der Waals surface area contributed by atoms with Crippen LogP contribution in [0.3, 0.4) is 0 Å². The Kier molecular flexibility index (Phi) is 5.66. The van der Waals surface area contributed by atoms with Crippen LogP contribution in [0.1, 0.15) is 15.4 Å². The molecule has 0 radical (unpaired) electrons. The lowest BCUT2D eigenvalue weighted by Crippen LogP contribution is -2.48. The molecule has 1 amide bonds. The maximum Gasteiger partial charge on any atom is 0.270 e. The van der Waals surface area contributed by atoms with Crippen LogP contribution in [0.2, 0.25) is 0 Å². The van der Waals surface area contributed by atoms with Crippen molar-refractivity contribution in [2.24, 2.45) is 0 Å². The van der Waals surface area contributed by atoms with E-state index in [0.717, 1.165) is 30.2 Å². The number of nitro groups is 1. The molecule has 9 nitrogen and oxygen atoms in total. The van der Waals surface area contributed by atoms with Gasteiger partial charge in [0, 0.05) is 61.5 Å². The highest BCUT2D eigenvalue weighted by Crippen LogP contribution is 2.30. The summed E-state index contributed by atoms with van der Waals surface area (Å²) in [6.07, 6.45) is 1.83. The molecule has 1 aliphatic heterocycles. The SMILES string of the molecule is COc1ccc(N2CCN(C(=O)c3sc4nc(-c5cccc([N+](=O)[O-])c5)cn4c3C)CC2)cc1. The maximum absolute atomic E-state index is 13.3. The minimum atomic E-state index is -0.418. The number of piperazine rings is 1. The van der Waals surface area contributed by atoms with Crippen LogP contribution in [0.15, 0.2) is 54.7 Å². The van der Waals surface area contributed by atoms with E-state index < -0.39 is 4.92 Å². The number of aryl methyl sites for hydroxylation is 1. The Labute approximate surface area is 200 Å². The number of fused-ring (bicyclic) bond motifs is 1. The molecule has 3 heterocycles. The molecule has 0 unspecified atom stereocenters. The average Bonchev–Trinajstić information content (AvgIpc) is 3.43. The lowest BCUT2D eigenvalue weighted by molar-refractivity contribution is -0.384. The topological polar surface area (TPSA) is 93.2 Å². The molecule has 174 valence electrons. The number of nitrogens with zero attached hydrogens (tertiary/aromatic N) is 5. The average molecular weight is 478 g/mol. The highest BCUT2D eigenvalue weighted by molar-refractivity contribution is 7.19. The number of carbonyl (C=O) groups is 1. The Bertz CT molecular complexity index is 1370. The summed E-state index contributed by atoms with van der Waals surface area (Å²) in [5.74, 6) is 0.837. The first-order valence-electron chi connectivity index (χ1n) is 10.9. The van der Waals surface area contributed by atoms with Crippen LogP contribution < -0.4 is 9.64 Å². The second-order valence-electron chi connectivity index (χ2n) is 8.08. The van der Waals surface area contributed by atoms with Crippen molar-refractivity contribution in [1.82, 2.24) is 14.3 Å². The molecule has 1 saturated heterocycles. The van der Waals surface area contributed by atoms with Crippen molar-refractivity contribution in [2.75, 3.05) is 38.2 Å². The van der Waals surface area contributed by atoms with Gasteiger partial charge in [0.2, 0.25) is 0 Å². The second kappa shape index (κ2) is 8.79. The number of hydrogen-bond acceptors (Lipinski definition) is 7. The minimum absolute atomic E-state index is 0.0132. The molecule has 4 aromatic rings. The second-order valence-corrected chi connectivity index (χ2v) is 9.06. The quantitative estimate of drug-likeness (QED) is 0.315. The van der Waals surface area contributed by atoms with Crippen molar-refractivity contribution < 1.29 is 14.5 Å². The number of anilines is 1. The molecule has 5 rings (SSSR count). The smallest absolute Gasteiger partial charge is 0.270 e. The molecule has 0 aliphatic carbocycles. The van der Waals surface area contributed by atoms with Gasteiger partial charge in [-0.05, 0) is 31.2 Å².